The maximum atomic E-state index is 12.2. The first-order valence-electron chi connectivity index (χ1n) is 6.67. The molecular weight excluding hydrogens is 260 g/mol. The van der Waals surface area contributed by atoms with Crippen LogP contribution in [0.2, 0.25) is 0 Å². The lowest BCUT2D eigenvalue weighted by molar-refractivity contribution is -0.141. The van der Waals surface area contributed by atoms with Gasteiger partial charge >= 0.3 is 0 Å². The van der Waals surface area contributed by atoms with Crippen LogP contribution in [-0.4, -0.2) is 28.8 Å². The van der Waals surface area contributed by atoms with E-state index in [2.05, 4.69) is 24.4 Å². The molecule has 5 heteroatoms. The fraction of sp³-hybridized carbons (Fsp3) is 0.571. The van der Waals surface area contributed by atoms with Crippen LogP contribution < -0.4 is 5.32 Å². The third-order valence-electron chi connectivity index (χ3n) is 3.53. The van der Waals surface area contributed by atoms with Crippen LogP contribution in [0.15, 0.2) is 12.1 Å². The molecule has 0 aliphatic carbocycles. The van der Waals surface area contributed by atoms with Gasteiger partial charge in [0.1, 0.15) is 0 Å². The van der Waals surface area contributed by atoms with Crippen molar-refractivity contribution in [3.63, 3.8) is 0 Å². The molecule has 0 bridgehead atoms. The monoisotopic (exact) mass is 280 g/mol. The molecule has 19 heavy (non-hydrogen) atoms. The first kappa shape index (κ1) is 14.2. The second-order valence-electron chi connectivity index (χ2n) is 5.01. The van der Waals surface area contributed by atoms with Gasteiger partial charge in [-0.3, -0.25) is 14.5 Å². The van der Waals surface area contributed by atoms with Crippen molar-refractivity contribution in [3.05, 3.63) is 21.9 Å². The van der Waals surface area contributed by atoms with Crippen LogP contribution in [0, 0.1) is 6.92 Å². The van der Waals surface area contributed by atoms with Crippen molar-refractivity contribution < 1.29 is 9.59 Å². The topological polar surface area (TPSA) is 49.4 Å². The van der Waals surface area contributed by atoms with Crippen molar-refractivity contribution in [2.45, 2.75) is 52.2 Å². The molecule has 2 atom stereocenters. The van der Waals surface area contributed by atoms with E-state index in [1.165, 1.54) is 14.7 Å². The Morgan fingerprint density at radius 2 is 2.21 bits per heavy atom. The minimum atomic E-state index is -0.357. The largest absolute Gasteiger partial charge is 0.300 e. The predicted octanol–water partition coefficient (Wildman–Crippen LogP) is 2.07. The summed E-state index contributed by atoms with van der Waals surface area (Å²) in [5.41, 5.74) is 0. The van der Waals surface area contributed by atoms with Crippen molar-refractivity contribution in [2.75, 3.05) is 0 Å². The van der Waals surface area contributed by atoms with Crippen LogP contribution in [0.1, 0.15) is 36.4 Å². The number of hydrogen-bond acceptors (Lipinski definition) is 4. The molecule has 0 saturated carbocycles. The minimum absolute atomic E-state index is 0.00391. The SMILES string of the molecule is CCC(C)N1C(=O)CC(NCc2ccc(C)s2)C1=O. The fourth-order valence-corrected chi connectivity index (χ4v) is 3.10. The quantitative estimate of drug-likeness (QED) is 0.840. The third kappa shape index (κ3) is 3.04. The molecule has 1 aromatic rings. The molecule has 2 heterocycles. The summed E-state index contributed by atoms with van der Waals surface area (Å²) in [5, 5.41) is 3.20. The molecule has 2 rings (SSSR count). The highest BCUT2D eigenvalue weighted by molar-refractivity contribution is 7.11. The zero-order chi connectivity index (χ0) is 14.0. The Bertz CT molecular complexity index is 484. The van der Waals surface area contributed by atoms with Crippen molar-refractivity contribution in [1.29, 1.82) is 0 Å². The molecule has 2 amide bonds. The molecule has 1 saturated heterocycles. The van der Waals surface area contributed by atoms with E-state index in [1.54, 1.807) is 11.3 Å². The summed E-state index contributed by atoms with van der Waals surface area (Å²) >= 11 is 1.71. The number of aryl methyl sites for hydroxylation is 1. The van der Waals surface area contributed by atoms with Crippen LogP contribution in [0.3, 0.4) is 0 Å². The van der Waals surface area contributed by atoms with E-state index in [1.807, 2.05) is 13.8 Å². The molecule has 1 fully saturated rings. The van der Waals surface area contributed by atoms with Gasteiger partial charge in [0.15, 0.2) is 0 Å². The Morgan fingerprint density at radius 1 is 1.47 bits per heavy atom. The van der Waals surface area contributed by atoms with Crippen LogP contribution in [-0.2, 0) is 16.1 Å². The van der Waals surface area contributed by atoms with Gasteiger partial charge in [-0.1, -0.05) is 6.92 Å². The zero-order valence-corrected chi connectivity index (χ0v) is 12.4. The maximum Gasteiger partial charge on any atom is 0.247 e. The molecule has 0 radical (unpaired) electrons. The van der Waals surface area contributed by atoms with Gasteiger partial charge in [-0.25, -0.2) is 0 Å². The molecule has 2 unspecified atom stereocenters. The number of amides is 2. The van der Waals surface area contributed by atoms with E-state index in [4.69, 9.17) is 0 Å². The van der Waals surface area contributed by atoms with Gasteiger partial charge in [0, 0.05) is 22.3 Å². The van der Waals surface area contributed by atoms with E-state index in [0.29, 0.717) is 6.54 Å². The first-order valence-corrected chi connectivity index (χ1v) is 7.49. The molecule has 0 aromatic carbocycles. The average molecular weight is 280 g/mol. The van der Waals surface area contributed by atoms with Gasteiger partial charge in [0.05, 0.1) is 12.5 Å². The Hall–Kier alpha value is -1.20. The normalized spacial score (nSPS) is 21.2. The lowest BCUT2D eigenvalue weighted by atomic mass is 10.2. The number of carbonyl (C=O) groups excluding carboxylic acids is 2. The predicted molar refractivity (Wildman–Crippen MR) is 75.9 cm³/mol. The van der Waals surface area contributed by atoms with E-state index >= 15 is 0 Å². The summed E-state index contributed by atoms with van der Waals surface area (Å²) in [6.07, 6.45) is 1.09. The summed E-state index contributed by atoms with van der Waals surface area (Å²) in [6.45, 7) is 6.61. The van der Waals surface area contributed by atoms with Gasteiger partial charge in [0.25, 0.3) is 0 Å². The number of rotatable bonds is 5. The van der Waals surface area contributed by atoms with E-state index in [-0.39, 0.29) is 30.3 Å². The Morgan fingerprint density at radius 3 is 2.79 bits per heavy atom. The highest BCUT2D eigenvalue weighted by atomic mass is 32.1. The summed E-state index contributed by atoms with van der Waals surface area (Å²) in [5.74, 6) is -0.133. The molecule has 1 N–H and O–H groups in total. The summed E-state index contributed by atoms with van der Waals surface area (Å²) in [6, 6.07) is 3.76. The van der Waals surface area contributed by atoms with Crippen LogP contribution in [0.5, 0.6) is 0 Å². The van der Waals surface area contributed by atoms with Crippen molar-refractivity contribution in [2.24, 2.45) is 0 Å². The highest BCUT2D eigenvalue weighted by Gasteiger charge is 2.40. The standard InChI is InChI=1S/C14H20N2O2S/c1-4-9(2)16-13(17)7-12(14(16)18)15-8-11-6-5-10(3)19-11/h5-6,9,12,15H,4,7-8H2,1-3H3. The van der Waals surface area contributed by atoms with Crippen molar-refractivity contribution >= 4 is 23.2 Å². The van der Waals surface area contributed by atoms with E-state index < -0.39 is 0 Å². The number of nitrogens with one attached hydrogen (secondary N) is 1. The zero-order valence-electron chi connectivity index (χ0n) is 11.6. The number of thiophene rings is 1. The third-order valence-corrected chi connectivity index (χ3v) is 4.53. The fourth-order valence-electron chi connectivity index (χ4n) is 2.26. The lowest BCUT2D eigenvalue weighted by Crippen LogP contribution is -2.42. The Kier molecular flexibility index (Phi) is 4.37. The van der Waals surface area contributed by atoms with Gasteiger partial charge in [0.2, 0.25) is 11.8 Å². The molecular formula is C14H20N2O2S. The highest BCUT2D eigenvalue weighted by Crippen LogP contribution is 2.20. The van der Waals surface area contributed by atoms with Crippen molar-refractivity contribution in [1.82, 2.24) is 10.2 Å². The average Bonchev–Trinajstić information content (AvgIpc) is 2.90. The van der Waals surface area contributed by atoms with Gasteiger partial charge < -0.3 is 5.32 Å². The van der Waals surface area contributed by atoms with Crippen LogP contribution in [0.25, 0.3) is 0 Å². The molecule has 0 spiro atoms. The van der Waals surface area contributed by atoms with E-state index in [0.717, 1.165) is 6.42 Å². The van der Waals surface area contributed by atoms with Gasteiger partial charge in [-0.2, -0.15) is 0 Å². The number of carbonyl (C=O) groups is 2. The number of nitrogens with zero attached hydrogens (tertiary/aromatic N) is 1. The second-order valence-corrected chi connectivity index (χ2v) is 6.38. The molecule has 104 valence electrons. The summed E-state index contributed by atoms with van der Waals surface area (Å²) < 4.78 is 0. The smallest absolute Gasteiger partial charge is 0.247 e. The number of hydrogen-bond donors (Lipinski definition) is 1. The van der Waals surface area contributed by atoms with Crippen LogP contribution >= 0.6 is 11.3 Å². The first-order chi connectivity index (χ1) is 9.02. The van der Waals surface area contributed by atoms with Crippen molar-refractivity contribution in [3.8, 4) is 0 Å². The number of likely N-dealkylation sites (tertiary alicyclic amines) is 1. The van der Waals surface area contributed by atoms with E-state index in [9.17, 15) is 9.59 Å². The summed E-state index contributed by atoms with van der Waals surface area (Å²) in [4.78, 5) is 27.9. The number of imide groups is 1. The Labute approximate surface area is 117 Å². The summed E-state index contributed by atoms with van der Waals surface area (Å²) in [7, 11) is 0. The maximum absolute atomic E-state index is 12.2. The molecule has 4 nitrogen and oxygen atoms in total. The molecule has 1 aliphatic rings. The lowest BCUT2D eigenvalue weighted by Gasteiger charge is -2.21. The van der Waals surface area contributed by atoms with Gasteiger partial charge in [-0.05, 0) is 32.4 Å². The van der Waals surface area contributed by atoms with Crippen LogP contribution in [0.4, 0.5) is 0 Å². The minimum Gasteiger partial charge on any atom is -0.300 e. The van der Waals surface area contributed by atoms with Gasteiger partial charge in [-0.15, -0.1) is 11.3 Å². The second kappa shape index (κ2) is 5.84. The molecule has 1 aliphatic heterocycles. The molecule has 1 aromatic heterocycles. The Balaban J connectivity index is 1.95.